The number of hydrogen-bond acceptors (Lipinski definition) is 3. The van der Waals surface area contributed by atoms with Crippen LogP contribution in [0.4, 0.5) is 0 Å². The first-order chi connectivity index (χ1) is 13.3. The van der Waals surface area contributed by atoms with Gasteiger partial charge < -0.3 is 15.7 Å². The van der Waals surface area contributed by atoms with Gasteiger partial charge in [-0.3, -0.25) is 4.98 Å². The minimum atomic E-state index is 0. The fourth-order valence-electron chi connectivity index (χ4n) is 4.13. The van der Waals surface area contributed by atoms with Crippen molar-refractivity contribution >= 4 is 40.8 Å². The standard InChI is InChI=1S/C22H32N4O.HI/c1-2-23-21(26-17-22(13-15-27)11-4-3-5-12-22)25-16-19-9-6-8-18-10-7-14-24-20(18)19;/h6-10,14,27H,2-5,11-13,15-17H2,1H3,(H2,23,25,26);1H. The van der Waals surface area contributed by atoms with Crippen molar-refractivity contribution in [1.82, 2.24) is 15.6 Å². The highest BCUT2D eigenvalue weighted by Crippen LogP contribution is 2.38. The molecule has 1 heterocycles. The molecular formula is C22H33IN4O. The molecule has 154 valence electrons. The van der Waals surface area contributed by atoms with Gasteiger partial charge in [0.05, 0.1) is 12.1 Å². The van der Waals surface area contributed by atoms with Crippen molar-refractivity contribution in [2.45, 2.75) is 52.0 Å². The molecule has 0 saturated heterocycles. The number of guanidine groups is 1. The van der Waals surface area contributed by atoms with Crippen LogP contribution >= 0.6 is 24.0 Å². The highest BCUT2D eigenvalue weighted by Gasteiger charge is 2.31. The Kier molecular flexibility index (Phi) is 9.44. The van der Waals surface area contributed by atoms with Gasteiger partial charge in [0.25, 0.3) is 0 Å². The SMILES string of the molecule is CCNC(=NCc1cccc2cccnc12)NCC1(CCO)CCCCC1.I. The number of aliphatic imine (C=N–C) groups is 1. The van der Waals surface area contributed by atoms with E-state index in [1.807, 2.05) is 12.3 Å². The van der Waals surface area contributed by atoms with E-state index < -0.39 is 0 Å². The van der Waals surface area contributed by atoms with Crippen LogP contribution in [-0.4, -0.2) is 35.7 Å². The van der Waals surface area contributed by atoms with Crippen LogP contribution in [0.25, 0.3) is 10.9 Å². The third-order valence-corrected chi connectivity index (χ3v) is 5.66. The minimum Gasteiger partial charge on any atom is -0.396 e. The largest absolute Gasteiger partial charge is 0.396 e. The first-order valence-corrected chi connectivity index (χ1v) is 10.2. The summed E-state index contributed by atoms with van der Waals surface area (Å²) in [5.41, 5.74) is 2.35. The number of pyridine rings is 1. The Morgan fingerprint density at radius 2 is 1.93 bits per heavy atom. The number of aliphatic hydroxyl groups excluding tert-OH is 1. The lowest BCUT2D eigenvalue weighted by Gasteiger charge is -2.37. The van der Waals surface area contributed by atoms with E-state index in [1.54, 1.807) is 0 Å². The normalized spacial score (nSPS) is 16.4. The van der Waals surface area contributed by atoms with Crippen LogP contribution in [0.1, 0.15) is 51.0 Å². The quantitative estimate of drug-likeness (QED) is 0.305. The molecule has 2 aromatic rings. The number of benzene rings is 1. The Labute approximate surface area is 185 Å². The second kappa shape index (κ2) is 11.6. The van der Waals surface area contributed by atoms with E-state index in [2.05, 4.69) is 46.8 Å². The molecule has 0 aliphatic heterocycles. The monoisotopic (exact) mass is 496 g/mol. The summed E-state index contributed by atoms with van der Waals surface area (Å²) in [4.78, 5) is 9.32. The van der Waals surface area contributed by atoms with Gasteiger partial charge in [-0.1, -0.05) is 43.5 Å². The number of hydrogen-bond donors (Lipinski definition) is 3. The Morgan fingerprint density at radius 1 is 1.14 bits per heavy atom. The average molecular weight is 496 g/mol. The van der Waals surface area contributed by atoms with Crippen LogP contribution in [0.5, 0.6) is 0 Å². The zero-order chi connectivity index (χ0) is 19.0. The number of fused-ring (bicyclic) bond motifs is 1. The molecule has 0 amide bonds. The predicted molar refractivity (Wildman–Crippen MR) is 127 cm³/mol. The van der Waals surface area contributed by atoms with E-state index in [0.29, 0.717) is 6.54 Å². The molecule has 0 radical (unpaired) electrons. The number of nitrogens with one attached hydrogen (secondary N) is 2. The second-order valence-electron chi connectivity index (χ2n) is 7.58. The van der Waals surface area contributed by atoms with Crippen molar-refractivity contribution in [2.75, 3.05) is 19.7 Å². The topological polar surface area (TPSA) is 69.5 Å². The summed E-state index contributed by atoms with van der Waals surface area (Å²) in [6, 6.07) is 10.3. The van der Waals surface area contributed by atoms with E-state index in [1.165, 1.54) is 32.1 Å². The van der Waals surface area contributed by atoms with E-state index in [9.17, 15) is 5.11 Å². The van der Waals surface area contributed by atoms with Crippen LogP contribution in [-0.2, 0) is 6.54 Å². The summed E-state index contributed by atoms with van der Waals surface area (Å²) in [5, 5.41) is 17.6. The fourth-order valence-corrected chi connectivity index (χ4v) is 4.13. The lowest BCUT2D eigenvalue weighted by Crippen LogP contribution is -2.44. The van der Waals surface area contributed by atoms with E-state index in [0.717, 1.165) is 41.9 Å². The summed E-state index contributed by atoms with van der Waals surface area (Å²) in [5.74, 6) is 0.841. The summed E-state index contributed by atoms with van der Waals surface area (Å²) < 4.78 is 0. The number of aliphatic hydroxyl groups is 1. The van der Waals surface area contributed by atoms with Gasteiger partial charge in [0.1, 0.15) is 0 Å². The molecule has 1 fully saturated rings. The summed E-state index contributed by atoms with van der Waals surface area (Å²) in [6.45, 7) is 4.63. The van der Waals surface area contributed by atoms with E-state index in [-0.39, 0.29) is 36.0 Å². The van der Waals surface area contributed by atoms with Gasteiger partial charge in [-0.05, 0) is 43.2 Å². The van der Waals surface area contributed by atoms with Crippen molar-refractivity contribution < 1.29 is 5.11 Å². The van der Waals surface area contributed by atoms with Gasteiger partial charge in [-0.2, -0.15) is 0 Å². The molecule has 3 rings (SSSR count). The molecule has 1 aliphatic rings. The third kappa shape index (κ3) is 6.04. The van der Waals surface area contributed by atoms with E-state index in [4.69, 9.17) is 4.99 Å². The highest BCUT2D eigenvalue weighted by atomic mass is 127. The Morgan fingerprint density at radius 3 is 2.68 bits per heavy atom. The average Bonchev–Trinajstić information content (AvgIpc) is 2.71. The maximum atomic E-state index is 9.52. The molecule has 5 nitrogen and oxygen atoms in total. The number of rotatable bonds is 7. The van der Waals surface area contributed by atoms with Crippen LogP contribution in [0, 0.1) is 5.41 Å². The molecular weight excluding hydrogens is 463 g/mol. The zero-order valence-corrected chi connectivity index (χ0v) is 19.1. The Hall–Kier alpha value is -1.41. The second-order valence-corrected chi connectivity index (χ2v) is 7.58. The van der Waals surface area contributed by atoms with Crippen molar-refractivity contribution in [1.29, 1.82) is 0 Å². The Balaban J connectivity index is 0.00000280. The van der Waals surface area contributed by atoms with Gasteiger partial charge >= 0.3 is 0 Å². The number of aromatic nitrogens is 1. The van der Waals surface area contributed by atoms with Crippen molar-refractivity contribution in [3.05, 3.63) is 42.1 Å². The summed E-state index contributed by atoms with van der Waals surface area (Å²) >= 11 is 0. The minimum absolute atomic E-state index is 0. The molecule has 1 saturated carbocycles. The van der Waals surface area contributed by atoms with Crippen LogP contribution in [0.15, 0.2) is 41.5 Å². The smallest absolute Gasteiger partial charge is 0.191 e. The third-order valence-electron chi connectivity index (χ3n) is 5.66. The van der Waals surface area contributed by atoms with Crippen molar-refractivity contribution in [3.63, 3.8) is 0 Å². The molecule has 0 spiro atoms. The van der Waals surface area contributed by atoms with Crippen LogP contribution < -0.4 is 10.6 Å². The van der Waals surface area contributed by atoms with Gasteiger partial charge in [0.2, 0.25) is 0 Å². The molecule has 0 unspecified atom stereocenters. The molecule has 1 aromatic heterocycles. The molecule has 1 aromatic carbocycles. The lowest BCUT2D eigenvalue weighted by atomic mass is 9.72. The molecule has 0 bridgehead atoms. The fraction of sp³-hybridized carbons (Fsp3) is 0.545. The molecule has 1 aliphatic carbocycles. The van der Waals surface area contributed by atoms with E-state index >= 15 is 0 Å². The van der Waals surface area contributed by atoms with Crippen LogP contribution in [0.3, 0.4) is 0 Å². The van der Waals surface area contributed by atoms with Gasteiger partial charge in [0, 0.05) is 31.3 Å². The number of para-hydroxylation sites is 1. The Bertz CT molecular complexity index is 748. The number of halogens is 1. The molecule has 28 heavy (non-hydrogen) atoms. The van der Waals surface area contributed by atoms with Crippen molar-refractivity contribution in [3.8, 4) is 0 Å². The zero-order valence-electron chi connectivity index (χ0n) is 16.8. The first-order valence-electron chi connectivity index (χ1n) is 10.2. The van der Waals surface area contributed by atoms with Gasteiger partial charge in [-0.25, -0.2) is 4.99 Å². The number of nitrogens with zero attached hydrogens (tertiary/aromatic N) is 2. The maximum absolute atomic E-state index is 9.52. The van der Waals surface area contributed by atoms with Crippen LogP contribution in [0.2, 0.25) is 0 Å². The predicted octanol–water partition coefficient (Wildman–Crippen LogP) is 4.24. The highest BCUT2D eigenvalue weighted by molar-refractivity contribution is 14.0. The van der Waals surface area contributed by atoms with Crippen molar-refractivity contribution in [2.24, 2.45) is 10.4 Å². The lowest BCUT2D eigenvalue weighted by molar-refractivity contribution is 0.131. The molecule has 0 atom stereocenters. The summed E-state index contributed by atoms with van der Waals surface area (Å²) in [6.07, 6.45) is 8.91. The summed E-state index contributed by atoms with van der Waals surface area (Å²) in [7, 11) is 0. The maximum Gasteiger partial charge on any atom is 0.191 e. The van der Waals surface area contributed by atoms with Gasteiger partial charge in [0.15, 0.2) is 5.96 Å². The molecule has 6 heteroatoms. The molecule has 3 N–H and O–H groups in total. The van der Waals surface area contributed by atoms with Gasteiger partial charge in [-0.15, -0.1) is 24.0 Å². The first kappa shape index (κ1) is 22.9.